The number of hydrogen-bond acceptors (Lipinski definition) is 4. The van der Waals surface area contributed by atoms with Gasteiger partial charge >= 0.3 is 0 Å². The minimum Gasteiger partial charge on any atom is -0.311 e. The van der Waals surface area contributed by atoms with Gasteiger partial charge in [-0.2, -0.15) is 0 Å². The van der Waals surface area contributed by atoms with Crippen molar-refractivity contribution in [3.05, 3.63) is 16.6 Å². The van der Waals surface area contributed by atoms with Gasteiger partial charge in [0.2, 0.25) is 0 Å². The van der Waals surface area contributed by atoms with Crippen molar-refractivity contribution in [1.82, 2.24) is 15.2 Å². The summed E-state index contributed by atoms with van der Waals surface area (Å²) in [5.41, 5.74) is 3.06. The van der Waals surface area contributed by atoms with E-state index in [0.717, 1.165) is 19.1 Å². The molecule has 1 unspecified atom stereocenters. The lowest BCUT2D eigenvalue weighted by Crippen LogP contribution is -2.38. The number of hydrogen-bond donors (Lipinski definition) is 1. The highest BCUT2D eigenvalue weighted by Gasteiger charge is 2.16. The van der Waals surface area contributed by atoms with E-state index in [1.807, 2.05) is 5.51 Å². The zero-order valence-electron chi connectivity index (χ0n) is 10.7. The SMILES string of the molecule is CC1CCCCN1CCCNCc1cscn1. The Morgan fingerprint density at radius 3 is 3.24 bits per heavy atom. The second-order valence-electron chi connectivity index (χ2n) is 4.89. The first kappa shape index (κ1) is 13.0. The van der Waals surface area contributed by atoms with E-state index in [4.69, 9.17) is 0 Å². The maximum Gasteiger partial charge on any atom is 0.0795 e. The molecule has 1 fully saturated rings. The van der Waals surface area contributed by atoms with E-state index in [1.165, 1.54) is 44.5 Å². The predicted octanol–water partition coefficient (Wildman–Crippen LogP) is 2.50. The van der Waals surface area contributed by atoms with Gasteiger partial charge in [-0.3, -0.25) is 0 Å². The molecule has 17 heavy (non-hydrogen) atoms. The van der Waals surface area contributed by atoms with Crippen LogP contribution in [0.15, 0.2) is 10.9 Å². The van der Waals surface area contributed by atoms with Crippen molar-refractivity contribution in [3.63, 3.8) is 0 Å². The first-order valence-electron chi connectivity index (χ1n) is 6.68. The summed E-state index contributed by atoms with van der Waals surface area (Å²) in [7, 11) is 0. The van der Waals surface area contributed by atoms with Crippen LogP contribution in [0.1, 0.15) is 38.3 Å². The van der Waals surface area contributed by atoms with Crippen molar-refractivity contribution >= 4 is 11.3 Å². The number of rotatable bonds is 6. The molecule has 3 nitrogen and oxygen atoms in total. The molecule has 1 aliphatic rings. The predicted molar refractivity (Wildman–Crippen MR) is 73.3 cm³/mol. The highest BCUT2D eigenvalue weighted by molar-refractivity contribution is 7.07. The number of nitrogens with zero attached hydrogens (tertiary/aromatic N) is 2. The molecule has 1 aliphatic heterocycles. The Labute approximate surface area is 108 Å². The van der Waals surface area contributed by atoms with Crippen LogP contribution in [0.5, 0.6) is 0 Å². The third kappa shape index (κ3) is 4.37. The largest absolute Gasteiger partial charge is 0.311 e. The molecule has 4 heteroatoms. The number of thiazole rings is 1. The average molecular weight is 253 g/mol. The van der Waals surface area contributed by atoms with Gasteiger partial charge in [0.15, 0.2) is 0 Å². The van der Waals surface area contributed by atoms with Crippen molar-refractivity contribution in [1.29, 1.82) is 0 Å². The molecule has 2 heterocycles. The molecule has 1 aromatic rings. The molecule has 0 saturated carbocycles. The van der Waals surface area contributed by atoms with Gasteiger partial charge in [0, 0.05) is 18.0 Å². The van der Waals surface area contributed by atoms with Crippen LogP contribution in [0, 0.1) is 0 Å². The van der Waals surface area contributed by atoms with Crippen molar-refractivity contribution in [2.24, 2.45) is 0 Å². The van der Waals surface area contributed by atoms with E-state index in [1.54, 1.807) is 11.3 Å². The topological polar surface area (TPSA) is 28.2 Å². The third-order valence-corrected chi connectivity index (χ3v) is 4.16. The minimum absolute atomic E-state index is 0.794. The number of nitrogens with one attached hydrogen (secondary N) is 1. The Morgan fingerprint density at radius 2 is 2.47 bits per heavy atom. The Morgan fingerprint density at radius 1 is 1.53 bits per heavy atom. The van der Waals surface area contributed by atoms with E-state index >= 15 is 0 Å². The lowest BCUT2D eigenvalue weighted by Gasteiger charge is -2.33. The highest BCUT2D eigenvalue weighted by Crippen LogP contribution is 2.16. The summed E-state index contributed by atoms with van der Waals surface area (Å²) >= 11 is 1.67. The van der Waals surface area contributed by atoms with Crippen LogP contribution in [-0.4, -0.2) is 35.6 Å². The fraction of sp³-hybridized carbons (Fsp3) is 0.769. The molecular formula is C13H23N3S. The quantitative estimate of drug-likeness (QED) is 0.790. The second-order valence-corrected chi connectivity index (χ2v) is 5.61. The Balaban J connectivity index is 1.53. The van der Waals surface area contributed by atoms with Crippen molar-refractivity contribution < 1.29 is 0 Å². The molecule has 1 aromatic heterocycles. The number of likely N-dealkylation sites (tertiary alicyclic amines) is 1. The molecule has 96 valence electrons. The molecule has 0 aromatic carbocycles. The van der Waals surface area contributed by atoms with Crippen LogP contribution >= 0.6 is 11.3 Å². The third-order valence-electron chi connectivity index (χ3n) is 3.53. The Kier molecular flexibility index (Phi) is 5.42. The lowest BCUT2D eigenvalue weighted by atomic mass is 10.0. The zero-order chi connectivity index (χ0) is 11.9. The summed E-state index contributed by atoms with van der Waals surface area (Å²) in [5, 5.41) is 5.57. The van der Waals surface area contributed by atoms with Crippen LogP contribution in [0.2, 0.25) is 0 Å². The van der Waals surface area contributed by atoms with Gasteiger partial charge in [-0.1, -0.05) is 6.42 Å². The first-order valence-corrected chi connectivity index (χ1v) is 7.62. The number of aromatic nitrogens is 1. The summed E-state index contributed by atoms with van der Waals surface area (Å²) in [5.74, 6) is 0. The van der Waals surface area contributed by atoms with E-state index in [0.29, 0.717) is 0 Å². The monoisotopic (exact) mass is 253 g/mol. The van der Waals surface area contributed by atoms with Crippen LogP contribution in [0.4, 0.5) is 0 Å². The summed E-state index contributed by atoms with van der Waals surface area (Å²) < 4.78 is 0. The van der Waals surface area contributed by atoms with E-state index in [9.17, 15) is 0 Å². The van der Waals surface area contributed by atoms with E-state index in [2.05, 4.69) is 27.5 Å². The first-order chi connectivity index (χ1) is 8.36. The van der Waals surface area contributed by atoms with Crippen molar-refractivity contribution in [2.75, 3.05) is 19.6 Å². The maximum absolute atomic E-state index is 4.26. The highest BCUT2D eigenvalue weighted by atomic mass is 32.1. The van der Waals surface area contributed by atoms with Gasteiger partial charge in [-0.05, 0) is 45.8 Å². The van der Waals surface area contributed by atoms with E-state index < -0.39 is 0 Å². The molecule has 1 N–H and O–H groups in total. The molecule has 0 radical (unpaired) electrons. The fourth-order valence-electron chi connectivity index (χ4n) is 2.44. The van der Waals surface area contributed by atoms with Gasteiger partial charge in [-0.25, -0.2) is 4.98 Å². The molecule has 0 aliphatic carbocycles. The summed E-state index contributed by atoms with van der Waals surface area (Å²) in [6.45, 7) is 6.92. The molecule has 2 rings (SSSR count). The smallest absolute Gasteiger partial charge is 0.0795 e. The molecule has 1 atom stereocenters. The fourth-order valence-corrected chi connectivity index (χ4v) is 3.00. The normalized spacial score (nSPS) is 21.8. The van der Waals surface area contributed by atoms with Gasteiger partial charge in [-0.15, -0.1) is 11.3 Å². The van der Waals surface area contributed by atoms with Crippen LogP contribution in [-0.2, 0) is 6.54 Å². The summed E-state index contributed by atoms with van der Waals surface area (Å²) in [4.78, 5) is 6.89. The van der Waals surface area contributed by atoms with Gasteiger partial charge in [0.25, 0.3) is 0 Å². The van der Waals surface area contributed by atoms with Crippen molar-refractivity contribution in [3.8, 4) is 0 Å². The van der Waals surface area contributed by atoms with Crippen LogP contribution in [0.3, 0.4) is 0 Å². The summed E-state index contributed by atoms with van der Waals surface area (Å²) in [6, 6.07) is 0.794. The number of piperidine rings is 1. The summed E-state index contributed by atoms with van der Waals surface area (Å²) in [6.07, 6.45) is 5.43. The molecule has 1 saturated heterocycles. The second kappa shape index (κ2) is 7.09. The van der Waals surface area contributed by atoms with E-state index in [-0.39, 0.29) is 0 Å². The minimum atomic E-state index is 0.794. The van der Waals surface area contributed by atoms with Crippen LogP contribution in [0.25, 0.3) is 0 Å². The zero-order valence-corrected chi connectivity index (χ0v) is 11.5. The Bertz CT molecular complexity index is 300. The standard InChI is InChI=1S/C13H23N3S/c1-12-5-2-3-7-16(12)8-4-6-14-9-13-10-17-11-15-13/h10-12,14H,2-9H2,1H3. The lowest BCUT2D eigenvalue weighted by molar-refractivity contribution is 0.159. The molecule has 0 amide bonds. The molecular weight excluding hydrogens is 230 g/mol. The maximum atomic E-state index is 4.26. The Hall–Kier alpha value is -0.450. The van der Waals surface area contributed by atoms with Crippen LogP contribution < -0.4 is 5.32 Å². The van der Waals surface area contributed by atoms with Gasteiger partial charge < -0.3 is 10.2 Å². The van der Waals surface area contributed by atoms with Gasteiger partial charge in [0.1, 0.15) is 0 Å². The average Bonchev–Trinajstić information content (AvgIpc) is 2.84. The van der Waals surface area contributed by atoms with Gasteiger partial charge in [0.05, 0.1) is 11.2 Å². The molecule has 0 spiro atoms. The van der Waals surface area contributed by atoms with Crippen molar-refractivity contribution in [2.45, 2.75) is 45.2 Å². The molecule has 0 bridgehead atoms.